The smallest absolute Gasteiger partial charge is 0.151 e. The number of carbonyl (C=O) groups is 1. The van der Waals surface area contributed by atoms with E-state index in [1.165, 1.54) is 12.8 Å². The Kier molecular flexibility index (Phi) is 2.87. The molecule has 3 heteroatoms. The third kappa shape index (κ3) is 2.15. The van der Waals surface area contributed by atoms with Gasteiger partial charge in [-0.15, -0.1) is 0 Å². The molecule has 0 amide bonds. The first-order chi connectivity index (χ1) is 6.81. The molecule has 2 rings (SSSR count). The lowest BCUT2D eigenvalue weighted by Gasteiger charge is -2.08. The molecule has 0 heterocycles. The van der Waals surface area contributed by atoms with Crippen molar-refractivity contribution in [1.82, 2.24) is 0 Å². The molecular weight excluding hydrogens is 244 g/mol. The predicted molar refractivity (Wildman–Crippen MR) is 57.7 cm³/mol. The minimum atomic E-state index is 0.637. The van der Waals surface area contributed by atoms with Gasteiger partial charge in [0, 0.05) is 5.56 Å². The van der Waals surface area contributed by atoms with E-state index in [4.69, 9.17) is 4.74 Å². The molecule has 0 unspecified atom stereocenters. The Morgan fingerprint density at radius 2 is 2.29 bits per heavy atom. The highest BCUT2D eigenvalue weighted by Crippen LogP contribution is 2.32. The highest BCUT2D eigenvalue weighted by atomic mass is 79.9. The minimum absolute atomic E-state index is 0.637. The second-order valence-electron chi connectivity index (χ2n) is 3.53. The van der Waals surface area contributed by atoms with E-state index in [0.717, 1.165) is 29.0 Å². The molecule has 74 valence electrons. The number of hydrogen-bond acceptors (Lipinski definition) is 2. The molecule has 0 atom stereocenters. The zero-order valence-corrected chi connectivity index (χ0v) is 9.29. The van der Waals surface area contributed by atoms with Gasteiger partial charge in [0.25, 0.3) is 0 Å². The summed E-state index contributed by atoms with van der Waals surface area (Å²) in [6, 6.07) is 5.47. The van der Waals surface area contributed by atoms with Crippen LogP contribution in [-0.4, -0.2) is 12.9 Å². The van der Waals surface area contributed by atoms with Crippen molar-refractivity contribution in [2.24, 2.45) is 5.92 Å². The number of aldehydes is 1. The molecule has 0 saturated heterocycles. The fourth-order valence-electron chi connectivity index (χ4n) is 1.22. The predicted octanol–water partition coefficient (Wildman–Crippen LogP) is 3.05. The summed E-state index contributed by atoms with van der Waals surface area (Å²) in [5, 5.41) is 0. The molecule has 1 saturated carbocycles. The van der Waals surface area contributed by atoms with Crippen LogP contribution < -0.4 is 4.74 Å². The zero-order valence-electron chi connectivity index (χ0n) is 7.70. The highest BCUT2D eigenvalue weighted by Gasteiger charge is 2.22. The van der Waals surface area contributed by atoms with E-state index in [2.05, 4.69) is 15.9 Å². The SMILES string of the molecule is O=Cc1cccc(OCC2CC2)c1Br. The average molecular weight is 255 g/mol. The average Bonchev–Trinajstić information content (AvgIpc) is 3.00. The number of rotatable bonds is 4. The molecule has 1 aliphatic rings. The van der Waals surface area contributed by atoms with E-state index in [0.29, 0.717) is 5.56 Å². The van der Waals surface area contributed by atoms with Crippen LogP contribution in [0.4, 0.5) is 0 Å². The van der Waals surface area contributed by atoms with Gasteiger partial charge in [0.2, 0.25) is 0 Å². The Balaban J connectivity index is 2.10. The normalized spacial score (nSPS) is 15.2. The molecule has 0 bridgehead atoms. The molecule has 0 N–H and O–H groups in total. The molecule has 2 nitrogen and oxygen atoms in total. The van der Waals surface area contributed by atoms with Gasteiger partial charge >= 0.3 is 0 Å². The molecule has 0 radical (unpaired) electrons. The first-order valence-electron chi connectivity index (χ1n) is 4.67. The third-order valence-corrected chi connectivity index (χ3v) is 3.14. The summed E-state index contributed by atoms with van der Waals surface area (Å²) in [5.41, 5.74) is 0.637. The van der Waals surface area contributed by atoms with Gasteiger partial charge in [0.15, 0.2) is 6.29 Å². The molecule has 1 aromatic carbocycles. The van der Waals surface area contributed by atoms with Crippen molar-refractivity contribution in [2.75, 3.05) is 6.61 Å². The van der Waals surface area contributed by atoms with Gasteiger partial charge in [0.1, 0.15) is 5.75 Å². The first-order valence-corrected chi connectivity index (χ1v) is 5.47. The van der Waals surface area contributed by atoms with Crippen LogP contribution in [-0.2, 0) is 0 Å². The molecule has 1 aliphatic carbocycles. The van der Waals surface area contributed by atoms with E-state index in [1.807, 2.05) is 12.1 Å². The quantitative estimate of drug-likeness (QED) is 0.773. The Morgan fingerprint density at radius 3 is 2.93 bits per heavy atom. The second kappa shape index (κ2) is 4.13. The minimum Gasteiger partial charge on any atom is -0.492 e. The van der Waals surface area contributed by atoms with Crippen molar-refractivity contribution in [2.45, 2.75) is 12.8 Å². The standard InChI is InChI=1S/C11H11BrO2/c12-11-9(6-13)2-1-3-10(11)14-7-8-4-5-8/h1-3,6,8H,4-5,7H2. The van der Waals surface area contributed by atoms with Gasteiger partial charge in [0.05, 0.1) is 11.1 Å². The lowest BCUT2D eigenvalue weighted by atomic mass is 10.2. The molecular formula is C11H11BrO2. The van der Waals surface area contributed by atoms with Crippen LogP contribution in [0.15, 0.2) is 22.7 Å². The van der Waals surface area contributed by atoms with Crippen LogP contribution in [0.25, 0.3) is 0 Å². The van der Waals surface area contributed by atoms with Crippen LogP contribution in [0, 0.1) is 5.92 Å². The maximum absolute atomic E-state index is 10.6. The molecule has 0 aliphatic heterocycles. The summed E-state index contributed by atoms with van der Waals surface area (Å²) in [7, 11) is 0. The molecule has 1 fully saturated rings. The van der Waals surface area contributed by atoms with Gasteiger partial charge in [-0.1, -0.05) is 12.1 Å². The van der Waals surface area contributed by atoms with Crippen LogP contribution in [0.5, 0.6) is 5.75 Å². The summed E-state index contributed by atoms with van der Waals surface area (Å²) < 4.78 is 6.36. The van der Waals surface area contributed by atoms with E-state index < -0.39 is 0 Å². The van der Waals surface area contributed by atoms with Crippen molar-refractivity contribution in [1.29, 1.82) is 0 Å². The van der Waals surface area contributed by atoms with Crippen molar-refractivity contribution in [3.8, 4) is 5.75 Å². The Bertz CT molecular complexity index is 345. The van der Waals surface area contributed by atoms with E-state index >= 15 is 0 Å². The number of benzene rings is 1. The van der Waals surface area contributed by atoms with E-state index in [9.17, 15) is 4.79 Å². The van der Waals surface area contributed by atoms with Crippen LogP contribution in [0.1, 0.15) is 23.2 Å². The summed E-state index contributed by atoms with van der Waals surface area (Å²) >= 11 is 3.36. The van der Waals surface area contributed by atoms with Gasteiger partial charge in [-0.05, 0) is 40.8 Å². The third-order valence-electron chi connectivity index (χ3n) is 2.29. The number of hydrogen-bond donors (Lipinski definition) is 0. The lowest BCUT2D eigenvalue weighted by molar-refractivity contribution is 0.112. The van der Waals surface area contributed by atoms with E-state index in [1.54, 1.807) is 6.07 Å². The largest absolute Gasteiger partial charge is 0.492 e. The number of ether oxygens (including phenoxy) is 1. The number of halogens is 1. The Morgan fingerprint density at radius 1 is 1.50 bits per heavy atom. The second-order valence-corrected chi connectivity index (χ2v) is 4.32. The summed E-state index contributed by atoms with van der Waals surface area (Å²) in [5.74, 6) is 1.49. The van der Waals surface area contributed by atoms with Gasteiger partial charge in [-0.25, -0.2) is 0 Å². The fraction of sp³-hybridized carbons (Fsp3) is 0.364. The van der Waals surface area contributed by atoms with Crippen LogP contribution in [0.3, 0.4) is 0 Å². The summed E-state index contributed by atoms with van der Waals surface area (Å²) in [6.45, 7) is 0.765. The summed E-state index contributed by atoms with van der Waals surface area (Å²) in [6.07, 6.45) is 3.37. The van der Waals surface area contributed by atoms with Crippen LogP contribution in [0.2, 0.25) is 0 Å². The molecule has 0 spiro atoms. The van der Waals surface area contributed by atoms with Crippen molar-refractivity contribution in [3.63, 3.8) is 0 Å². The van der Waals surface area contributed by atoms with Crippen LogP contribution >= 0.6 is 15.9 Å². The maximum atomic E-state index is 10.6. The topological polar surface area (TPSA) is 26.3 Å². The van der Waals surface area contributed by atoms with Gasteiger partial charge in [-0.3, -0.25) is 4.79 Å². The summed E-state index contributed by atoms with van der Waals surface area (Å²) in [4.78, 5) is 10.6. The molecule has 1 aromatic rings. The number of carbonyl (C=O) groups excluding carboxylic acids is 1. The maximum Gasteiger partial charge on any atom is 0.151 e. The van der Waals surface area contributed by atoms with Crippen molar-refractivity contribution < 1.29 is 9.53 Å². The lowest BCUT2D eigenvalue weighted by Crippen LogP contribution is -2.00. The first kappa shape index (κ1) is 9.71. The Labute approximate surface area is 91.4 Å². The van der Waals surface area contributed by atoms with Gasteiger partial charge < -0.3 is 4.74 Å². The highest BCUT2D eigenvalue weighted by molar-refractivity contribution is 9.10. The zero-order chi connectivity index (χ0) is 9.97. The molecule has 14 heavy (non-hydrogen) atoms. The van der Waals surface area contributed by atoms with Crippen molar-refractivity contribution >= 4 is 22.2 Å². The van der Waals surface area contributed by atoms with Gasteiger partial charge in [-0.2, -0.15) is 0 Å². The van der Waals surface area contributed by atoms with E-state index in [-0.39, 0.29) is 0 Å². The Hall–Kier alpha value is -0.830. The molecule has 0 aromatic heterocycles. The van der Waals surface area contributed by atoms with Crippen molar-refractivity contribution in [3.05, 3.63) is 28.2 Å². The fourth-order valence-corrected chi connectivity index (χ4v) is 1.69. The monoisotopic (exact) mass is 254 g/mol.